The maximum atomic E-state index is 12.7. The normalized spacial score (nSPS) is 14.9. The Kier molecular flexibility index (Phi) is 4.41. The number of nitrogens with zero attached hydrogens (tertiary/aromatic N) is 1. The highest BCUT2D eigenvalue weighted by Crippen LogP contribution is 2.32. The van der Waals surface area contributed by atoms with E-state index in [4.69, 9.17) is 5.73 Å². The number of halogens is 3. The summed E-state index contributed by atoms with van der Waals surface area (Å²) < 4.78 is 38.0. The van der Waals surface area contributed by atoms with Crippen LogP contribution in [0.5, 0.6) is 0 Å². The van der Waals surface area contributed by atoms with Crippen LogP contribution >= 0.6 is 0 Å². The summed E-state index contributed by atoms with van der Waals surface area (Å²) in [4.78, 5) is 13.4. The van der Waals surface area contributed by atoms with Crippen LogP contribution in [0.1, 0.15) is 24.0 Å². The highest BCUT2D eigenvalue weighted by Gasteiger charge is 2.31. The molecule has 0 spiro atoms. The number of hydrogen-bond acceptors (Lipinski definition) is 3. The van der Waals surface area contributed by atoms with Gasteiger partial charge in [0, 0.05) is 25.3 Å². The molecule has 3 N–H and O–H groups in total. The molecule has 1 aliphatic carbocycles. The quantitative estimate of drug-likeness (QED) is 0.873. The summed E-state index contributed by atoms with van der Waals surface area (Å²) >= 11 is 0. The second-order valence-corrected chi connectivity index (χ2v) is 5.24. The van der Waals surface area contributed by atoms with E-state index in [9.17, 15) is 18.0 Å². The molecule has 2 rings (SSSR count). The Labute approximate surface area is 121 Å². The van der Waals surface area contributed by atoms with Crippen molar-refractivity contribution in [2.45, 2.75) is 31.6 Å². The predicted molar refractivity (Wildman–Crippen MR) is 73.8 cm³/mol. The van der Waals surface area contributed by atoms with E-state index < -0.39 is 11.7 Å². The Balaban J connectivity index is 2.11. The van der Waals surface area contributed by atoms with Crippen LogP contribution in [-0.2, 0) is 17.5 Å². The molecule has 0 aromatic heterocycles. The van der Waals surface area contributed by atoms with Crippen LogP contribution < -0.4 is 16.0 Å². The summed E-state index contributed by atoms with van der Waals surface area (Å²) in [6.45, 7) is 0.0721. The zero-order valence-electron chi connectivity index (χ0n) is 11.7. The van der Waals surface area contributed by atoms with Crippen LogP contribution in [0.3, 0.4) is 0 Å². The van der Waals surface area contributed by atoms with Gasteiger partial charge in [-0.3, -0.25) is 4.79 Å². The molecule has 21 heavy (non-hydrogen) atoms. The summed E-state index contributed by atoms with van der Waals surface area (Å²) in [5.74, 6) is -0.136. The van der Waals surface area contributed by atoms with Gasteiger partial charge >= 0.3 is 6.18 Å². The minimum absolute atomic E-state index is 0.0200. The fourth-order valence-corrected chi connectivity index (χ4v) is 2.10. The standard InChI is InChI=1S/C14H18F3N3O/c1-20(8-13(21)19-11-3-4-11)12-5-2-10(14(15,16)17)6-9(12)7-18/h2,5-6,11H,3-4,7-8,18H2,1H3,(H,19,21). The van der Waals surface area contributed by atoms with Crippen LogP contribution in [0.15, 0.2) is 18.2 Å². The largest absolute Gasteiger partial charge is 0.416 e. The average Bonchev–Trinajstić information content (AvgIpc) is 3.20. The highest BCUT2D eigenvalue weighted by atomic mass is 19.4. The lowest BCUT2D eigenvalue weighted by molar-refractivity contribution is -0.137. The first-order valence-corrected chi connectivity index (χ1v) is 6.72. The smallest absolute Gasteiger partial charge is 0.365 e. The molecule has 0 atom stereocenters. The first kappa shape index (κ1) is 15.6. The predicted octanol–water partition coefficient (Wildman–Crippen LogP) is 1.88. The van der Waals surface area contributed by atoms with Gasteiger partial charge in [-0.05, 0) is 36.6 Å². The van der Waals surface area contributed by atoms with Crippen LogP contribution in [-0.4, -0.2) is 25.5 Å². The van der Waals surface area contributed by atoms with E-state index in [1.807, 2.05) is 0 Å². The van der Waals surface area contributed by atoms with Crippen molar-refractivity contribution >= 4 is 11.6 Å². The molecule has 4 nitrogen and oxygen atoms in total. The number of nitrogens with two attached hydrogens (primary N) is 1. The number of likely N-dealkylation sites (N-methyl/N-ethyl adjacent to an activating group) is 1. The summed E-state index contributed by atoms with van der Waals surface area (Å²) in [5, 5.41) is 2.84. The lowest BCUT2D eigenvalue weighted by Gasteiger charge is -2.22. The van der Waals surface area contributed by atoms with E-state index >= 15 is 0 Å². The number of nitrogens with one attached hydrogen (secondary N) is 1. The summed E-state index contributed by atoms with van der Waals surface area (Å²) in [6.07, 6.45) is -2.42. The molecule has 1 aromatic rings. The van der Waals surface area contributed by atoms with Gasteiger partial charge < -0.3 is 16.0 Å². The third kappa shape index (κ3) is 4.10. The first-order valence-electron chi connectivity index (χ1n) is 6.72. The topological polar surface area (TPSA) is 58.4 Å². The molecule has 116 valence electrons. The molecule has 1 aromatic carbocycles. The highest BCUT2D eigenvalue weighted by molar-refractivity contribution is 5.82. The van der Waals surface area contributed by atoms with Crippen molar-refractivity contribution in [3.05, 3.63) is 29.3 Å². The first-order chi connectivity index (χ1) is 9.81. The van der Waals surface area contributed by atoms with Crippen molar-refractivity contribution in [3.8, 4) is 0 Å². The maximum absolute atomic E-state index is 12.7. The van der Waals surface area contributed by atoms with Crippen molar-refractivity contribution in [2.24, 2.45) is 5.73 Å². The zero-order valence-corrected chi connectivity index (χ0v) is 11.7. The maximum Gasteiger partial charge on any atom is 0.416 e. The number of carbonyl (C=O) groups excluding carboxylic acids is 1. The second kappa shape index (κ2) is 5.93. The third-order valence-corrected chi connectivity index (χ3v) is 3.36. The summed E-state index contributed by atoms with van der Waals surface area (Å²) in [5.41, 5.74) is 5.70. The minimum atomic E-state index is -4.40. The molecule has 1 fully saturated rings. The monoisotopic (exact) mass is 301 g/mol. The van der Waals surface area contributed by atoms with E-state index in [-0.39, 0.29) is 25.0 Å². The van der Waals surface area contributed by atoms with Crippen molar-refractivity contribution < 1.29 is 18.0 Å². The summed E-state index contributed by atoms with van der Waals surface area (Å²) in [7, 11) is 1.66. The molecule has 0 saturated heterocycles. The van der Waals surface area contributed by atoms with E-state index in [2.05, 4.69) is 5.32 Å². The Morgan fingerprint density at radius 1 is 1.43 bits per heavy atom. The number of amides is 1. The number of benzene rings is 1. The molecule has 7 heteroatoms. The SMILES string of the molecule is CN(CC(=O)NC1CC1)c1ccc(C(F)(F)F)cc1CN. The zero-order chi connectivity index (χ0) is 15.6. The molecule has 1 saturated carbocycles. The van der Waals surface area contributed by atoms with Gasteiger partial charge in [0.2, 0.25) is 5.91 Å². The van der Waals surface area contributed by atoms with Crippen molar-refractivity contribution in [1.82, 2.24) is 5.32 Å². The molecule has 0 unspecified atom stereocenters. The molecule has 1 aliphatic rings. The van der Waals surface area contributed by atoms with Gasteiger partial charge in [0.05, 0.1) is 12.1 Å². The van der Waals surface area contributed by atoms with Gasteiger partial charge in [0.25, 0.3) is 0 Å². The Hall–Kier alpha value is -1.76. The number of anilines is 1. The van der Waals surface area contributed by atoms with E-state index in [1.54, 1.807) is 11.9 Å². The number of rotatable bonds is 5. The Morgan fingerprint density at radius 3 is 2.62 bits per heavy atom. The number of carbonyl (C=O) groups is 1. The molecule has 0 aliphatic heterocycles. The van der Waals surface area contributed by atoms with Crippen LogP contribution in [0.25, 0.3) is 0 Å². The van der Waals surface area contributed by atoms with Crippen molar-refractivity contribution in [1.29, 1.82) is 0 Å². The van der Waals surface area contributed by atoms with E-state index in [0.29, 0.717) is 11.3 Å². The molecule has 0 heterocycles. The van der Waals surface area contributed by atoms with Gasteiger partial charge in [-0.2, -0.15) is 13.2 Å². The molecular formula is C14H18F3N3O. The van der Waals surface area contributed by atoms with Gasteiger partial charge in [0.1, 0.15) is 0 Å². The third-order valence-electron chi connectivity index (χ3n) is 3.36. The average molecular weight is 301 g/mol. The molecule has 0 radical (unpaired) electrons. The summed E-state index contributed by atoms with van der Waals surface area (Å²) in [6, 6.07) is 3.65. The van der Waals surface area contributed by atoms with Gasteiger partial charge in [-0.1, -0.05) is 0 Å². The van der Waals surface area contributed by atoms with Gasteiger partial charge in [-0.25, -0.2) is 0 Å². The van der Waals surface area contributed by atoms with Crippen molar-refractivity contribution in [3.63, 3.8) is 0 Å². The van der Waals surface area contributed by atoms with E-state index in [1.165, 1.54) is 6.07 Å². The fraction of sp³-hybridized carbons (Fsp3) is 0.500. The Morgan fingerprint density at radius 2 is 2.10 bits per heavy atom. The van der Waals surface area contributed by atoms with Crippen molar-refractivity contribution in [2.75, 3.05) is 18.5 Å². The van der Waals surface area contributed by atoms with E-state index in [0.717, 1.165) is 25.0 Å². The fourth-order valence-electron chi connectivity index (χ4n) is 2.10. The molecule has 1 amide bonds. The molecular weight excluding hydrogens is 283 g/mol. The second-order valence-electron chi connectivity index (χ2n) is 5.24. The molecule has 0 bridgehead atoms. The van der Waals surface area contributed by atoms with Gasteiger partial charge in [-0.15, -0.1) is 0 Å². The lowest BCUT2D eigenvalue weighted by Crippen LogP contribution is -2.36. The minimum Gasteiger partial charge on any atom is -0.365 e. The van der Waals surface area contributed by atoms with Crippen LogP contribution in [0.4, 0.5) is 18.9 Å². The lowest BCUT2D eigenvalue weighted by atomic mass is 10.1. The van der Waals surface area contributed by atoms with Gasteiger partial charge in [0.15, 0.2) is 0 Å². The van der Waals surface area contributed by atoms with Crippen LogP contribution in [0.2, 0.25) is 0 Å². The Bertz CT molecular complexity index is 527. The number of hydrogen-bond donors (Lipinski definition) is 2. The number of alkyl halides is 3. The van der Waals surface area contributed by atoms with Crippen LogP contribution in [0, 0.1) is 0 Å².